The Morgan fingerprint density at radius 2 is 2.12 bits per heavy atom. The van der Waals surface area contributed by atoms with Crippen LogP contribution in [0.3, 0.4) is 0 Å². The Bertz CT molecular complexity index is 450. The zero-order chi connectivity index (χ0) is 12.0. The maximum atomic E-state index is 12.0. The SMILES string of the molecule is C#CCN(CC#N)C(=O)c1ccccc1C. The number of nitrogens with zero attached hydrogens (tertiary/aromatic N) is 2. The normalized spacial score (nSPS) is 8.94. The van der Waals surface area contributed by atoms with Crippen LogP contribution in [-0.2, 0) is 0 Å². The molecule has 0 aliphatic heterocycles. The minimum Gasteiger partial charge on any atom is -0.314 e. The van der Waals surface area contributed by atoms with Gasteiger partial charge in [-0.05, 0) is 18.6 Å². The van der Waals surface area contributed by atoms with Crippen molar-refractivity contribution in [3.05, 3.63) is 35.4 Å². The van der Waals surface area contributed by atoms with Crippen LogP contribution >= 0.6 is 0 Å². The van der Waals surface area contributed by atoms with Crippen molar-refractivity contribution in [2.45, 2.75) is 6.92 Å². The van der Waals surface area contributed by atoms with Crippen molar-refractivity contribution in [1.82, 2.24) is 4.90 Å². The molecule has 1 aromatic rings. The Hall–Kier alpha value is -2.26. The average Bonchev–Trinajstić information content (AvgIpc) is 2.28. The number of rotatable bonds is 3. The molecular formula is C13H12N2O. The summed E-state index contributed by atoms with van der Waals surface area (Å²) < 4.78 is 0. The number of hydrogen-bond donors (Lipinski definition) is 0. The summed E-state index contributed by atoms with van der Waals surface area (Å²) in [5.74, 6) is 2.18. The first-order valence-corrected chi connectivity index (χ1v) is 4.86. The topological polar surface area (TPSA) is 44.1 Å². The van der Waals surface area contributed by atoms with E-state index in [0.717, 1.165) is 5.56 Å². The first kappa shape index (κ1) is 11.8. The third-order valence-corrected chi connectivity index (χ3v) is 2.21. The van der Waals surface area contributed by atoms with E-state index >= 15 is 0 Å². The second-order valence-corrected chi connectivity index (χ2v) is 3.34. The van der Waals surface area contributed by atoms with Gasteiger partial charge in [0.1, 0.15) is 6.54 Å². The van der Waals surface area contributed by atoms with Crippen LogP contribution in [0.2, 0.25) is 0 Å². The molecule has 0 atom stereocenters. The highest BCUT2D eigenvalue weighted by atomic mass is 16.2. The molecule has 0 bridgehead atoms. The molecule has 0 aliphatic carbocycles. The maximum Gasteiger partial charge on any atom is 0.255 e. The predicted molar refractivity (Wildman–Crippen MR) is 61.5 cm³/mol. The fourth-order valence-electron chi connectivity index (χ4n) is 1.38. The van der Waals surface area contributed by atoms with Crippen LogP contribution in [0, 0.1) is 30.6 Å². The number of nitriles is 1. The molecule has 0 heterocycles. The standard InChI is InChI=1S/C13H12N2O/c1-3-9-15(10-8-14)13(16)12-7-5-4-6-11(12)2/h1,4-7H,9-10H2,2H3. The summed E-state index contributed by atoms with van der Waals surface area (Å²) >= 11 is 0. The summed E-state index contributed by atoms with van der Waals surface area (Å²) in [7, 11) is 0. The van der Waals surface area contributed by atoms with Gasteiger partial charge in [0.25, 0.3) is 5.91 Å². The van der Waals surface area contributed by atoms with Gasteiger partial charge >= 0.3 is 0 Å². The summed E-state index contributed by atoms with van der Waals surface area (Å²) in [4.78, 5) is 13.4. The van der Waals surface area contributed by atoms with Crippen LogP contribution in [0.1, 0.15) is 15.9 Å². The molecule has 0 unspecified atom stereocenters. The van der Waals surface area contributed by atoms with Crippen LogP contribution in [0.5, 0.6) is 0 Å². The van der Waals surface area contributed by atoms with Gasteiger partial charge in [0, 0.05) is 5.56 Å². The third kappa shape index (κ3) is 2.62. The molecule has 0 aliphatic rings. The molecule has 0 aromatic heterocycles. The summed E-state index contributed by atoms with van der Waals surface area (Å²) in [6.07, 6.45) is 5.16. The fraction of sp³-hybridized carbons (Fsp3) is 0.231. The zero-order valence-electron chi connectivity index (χ0n) is 9.10. The van der Waals surface area contributed by atoms with Crippen LogP contribution in [0.15, 0.2) is 24.3 Å². The van der Waals surface area contributed by atoms with E-state index in [9.17, 15) is 4.79 Å². The molecule has 80 valence electrons. The van der Waals surface area contributed by atoms with Crippen molar-refractivity contribution in [2.24, 2.45) is 0 Å². The van der Waals surface area contributed by atoms with Gasteiger partial charge in [-0.15, -0.1) is 6.42 Å². The number of aryl methyl sites for hydroxylation is 1. The number of benzene rings is 1. The Kier molecular flexibility index (Phi) is 4.12. The number of amides is 1. The number of hydrogen-bond acceptors (Lipinski definition) is 2. The van der Waals surface area contributed by atoms with E-state index in [0.29, 0.717) is 5.56 Å². The molecule has 0 fully saturated rings. The molecule has 0 radical (unpaired) electrons. The maximum absolute atomic E-state index is 12.0. The second-order valence-electron chi connectivity index (χ2n) is 3.34. The van der Waals surface area contributed by atoms with Gasteiger partial charge in [-0.2, -0.15) is 5.26 Å². The van der Waals surface area contributed by atoms with E-state index in [4.69, 9.17) is 11.7 Å². The van der Waals surface area contributed by atoms with Crippen molar-refractivity contribution in [1.29, 1.82) is 5.26 Å². The van der Waals surface area contributed by atoms with Gasteiger partial charge in [0.05, 0.1) is 12.6 Å². The van der Waals surface area contributed by atoms with E-state index in [1.165, 1.54) is 4.90 Å². The Balaban J connectivity index is 2.96. The highest BCUT2D eigenvalue weighted by molar-refractivity contribution is 5.95. The highest BCUT2D eigenvalue weighted by Crippen LogP contribution is 2.10. The van der Waals surface area contributed by atoms with Gasteiger partial charge in [-0.1, -0.05) is 24.1 Å². The Morgan fingerprint density at radius 3 is 2.69 bits per heavy atom. The molecule has 3 nitrogen and oxygen atoms in total. The van der Waals surface area contributed by atoms with E-state index in [2.05, 4.69) is 5.92 Å². The molecule has 1 aromatic carbocycles. The van der Waals surface area contributed by atoms with Gasteiger partial charge in [0.15, 0.2) is 0 Å². The van der Waals surface area contributed by atoms with E-state index in [-0.39, 0.29) is 19.0 Å². The number of carbonyl (C=O) groups excluding carboxylic acids is 1. The minimum atomic E-state index is -0.197. The number of terminal acetylenes is 1. The van der Waals surface area contributed by atoms with Crippen molar-refractivity contribution < 1.29 is 4.79 Å². The largest absolute Gasteiger partial charge is 0.314 e. The molecule has 3 heteroatoms. The van der Waals surface area contributed by atoms with Gasteiger partial charge in [-0.3, -0.25) is 4.79 Å². The predicted octanol–water partition coefficient (Wildman–Crippen LogP) is 1.59. The minimum absolute atomic E-state index is 0.0113. The monoisotopic (exact) mass is 212 g/mol. The molecule has 0 spiro atoms. The summed E-state index contributed by atoms with van der Waals surface area (Å²) in [6.45, 7) is 2.02. The Labute approximate surface area is 95.3 Å². The molecule has 1 rings (SSSR count). The zero-order valence-corrected chi connectivity index (χ0v) is 9.10. The summed E-state index contributed by atoms with van der Waals surface area (Å²) in [5.41, 5.74) is 1.47. The molecule has 0 saturated carbocycles. The van der Waals surface area contributed by atoms with Crippen LogP contribution < -0.4 is 0 Å². The van der Waals surface area contributed by atoms with Crippen molar-refractivity contribution in [3.8, 4) is 18.4 Å². The second kappa shape index (κ2) is 5.58. The first-order valence-electron chi connectivity index (χ1n) is 4.86. The number of carbonyl (C=O) groups is 1. The Morgan fingerprint density at radius 1 is 1.44 bits per heavy atom. The van der Waals surface area contributed by atoms with E-state index < -0.39 is 0 Å². The molecule has 0 saturated heterocycles. The van der Waals surface area contributed by atoms with Crippen molar-refractivity contribution in [3.63, 3.8) is 0 Å². The first-order chi connectivity index (χ1) is 7.70. The molecular weight excluding hydrogens is 200 g/mol. The van der Waals surface area contributed by atoms with Gasteiger partial charge in [-0.25, -0.2) is 0 Å². The van der Waals surface area contributed by atoms with E-state index in [1.807, 2.05) is 25.1 Å². The molecule has 1 amide bonds. The third-order valence-electron chi connectivity index (χ3n) is 2.21. The average molecular weight is 212 g/mol. The van der Waals surface area contributed by atoms with Gasteiger partial charge < -0.3 is 4.90 Å². The highest BCUT2D eigenvalue weighted by Gasteiger charge is 2.15. The lowest BCUT2D eigenvalue weighted by Crippen LogP contribution is -2.32. The van der Waals surface area contributed by atoms with E-state index in [1.54, 1.807) is 12.1 Å². The summed E-state index contributed by atoms with van der Waals surface area (Å²) in [5, 5.41) is 8.62. The van der Waals surface area contributed by atoms with Crippen LogP contribution in [-0.4, -0.2) is 23.9 Å². The van der Waals surface area contributed by atoms with Crippen LogP contribution in [0.25, 0.3) is 0 Å². The molecule has 16 heavy (non-hydrogen) atoms. The smallest absolute Gasteiger partial charge is 0.255 e. The lowest BCUT2D eigenvalue weighted by molar-refractivity contribution is 0.0794. The van der Waals surface area contributed by atoms with Gasteiger partial charge in [0.2, 0.25) is 0 Å². The van der Waals surface area contributed by atoms with Crippen molar-refractivity contribution in [2.75, 3.05) is 13.1 Å². The lowest BCUT2D eigenvalue weighted by Gasteiger charge is -2.17. The quantitative estimate of drug-likeness (QED) is 0.564. The van der Waals surface area contributed by atoms with Crippen molar-refractivity contribution >= 4 is 5.91 Å². The lowest BCUT2D eigenvalue weighted by atomic mass is 10.1. The molecule has 0 N–H and O–H groups in total. The van der Waals surface area contributed by atoms with Crippen LogP contribution in [0.4, 0.5) is 0 Å². The fourth-order valence-corrected chi connectivity index (χ4v) is 1.38. The summed E-state index contributed by atoms with van der Waals surface area (Å²) in [6, 6.07) is 9.18.